The summed E-state index contributed by atoms with van der Waals surface area (Å²) in [5, 5.41) is 17.3. The summed E-state index contributed by atoms with van der Waals surface area (Å²) in [6.07, 6.45) is 0. The SMILES string of the molecule is COCCN(Cc1cc2cc(C)ccc2n2nnnc12)C(=S)Nc1ccc(OC)cc1. The molecule has 0 aliphatic rings. The molecule has 1 N–H and O–H groups in total. The number of benzene rings is 2. The fourth-order valence-corrected chi connectivity index (χ4v) is 3.71. The molecule has 0 fully saturated rings. The van der Waals surface area contributed by atoms with E-state index >= 15 is 0 Å². The molecule has 2 aromatic carbocycles. The summed E-state index contributed by atoms with van der Waals surface area (Å²) in [6, 6.07) is 16.0. The van der Waals surface area contributed by atoms with Gasteiger partial charge in [-0.05, 0) is 72.0 Å². The van der Waals surface area contributed by atoms with Crippen LogP contribution in [0.25, 0.3) is 16.6 Å². The van der Waals surface area contributed by atoms with E-state index in [0.717, 1.165) is 27.9 Å². The molecule has 4 aromatic rings. The van der Waals surface area contributed by atoms with Crippen molar-refractivity contribution in [3.05, 3.63) is 59.7 Å². The number of fused-ring (bicyclic) bond motifs is 3. The van der Waals surface area contributed by atoms with Crippen LogP contribution in [0.2, 0.25) is 0 Å². The Morgan fingerprint density at radius 1 is 1.13 bits per heavy atom. The quantitative estimate of drug-likeness (QED) is 0.442. The minimum absolute atomic E-state index is 0.540. The van der Waals surface area contributed by atoms with Crippen molar-refractivity contribution in [3.63, 3.8) is 0 Å². The van der Waals surface area contributed by atoms with Gasteiger partial charge in [-0.25, -0.2) is 0 Å². The van der Waals surface area contributed by atoms with Gasteiger partial charge in [0.1, 0.15) is 5.75 Å². The van der Waals surface area contributed by atoms with Gasteiger partial charge >= 0.3 is 0 Å². The monoisotopic (exact) mass is 436 g/mol. The third-order valence-electron chi connectivity index (χ3n) is 5.05. The Labute approximate surface area is 185 Å². The van der Waals surface area contributed by atoms with Gasteiger partial charge in [0.15, 0.2) is 10.8 Å². The van der Waals surface area contributed by atoms with Crippen LogP contribution in [-0.2, 0) is 11.3 Å². The largest absolute Gasteiger partial charge is 0.497 e. The Balaban J connectivity index is 1.64. The zero-order valence-corrected chi connectivity index (χ0v) is 18.5. The number of hydrogen-bond donors (Lipinski definition) is 1. The molecular weight excluding hydrogens is 412 g/mol. The van der Waals surface area contributed by atoms with Crippen LogP contribution in [0.4, 0.5) is 5.69 Å². The molecule has 4 rings (SSSR count). The first-order chi connectivity index (χ1) is 15.1. The molecule has 0 saturated carbocycles. The Morgan fingerprint density at radius 2 is 1.94 bits per heavy atom. The smallest absolute Gasteiger partial charge is 0.184 e. The van der Waals surface area contributed by atoms with Crippen molar-refractivity contribution in [1.82, 2.24) is 24.9 Å². The molecule has 0 unspecified atom stereocenters. The Bertz CT molecular complexity index is 1210. The minimum Gasteiger partial charge on any atom is -0.497 e. The number of aromatic nitrogens is 4. The van der Waals surface area contributed by atoms with Crippen LogP contribution in [0.1, 0.15) is 11.1 Å². The zero-order chi connectivity index (χ0) is 21.8. The topological polar surface area (TPSA) is 76.8 Å². The highest BCUT2D eigenvalue weighted by atomic mass is 32.1. The molecule has 8 nitrogen and oxygen atoms in total. The summed E-state index contributed by atoms with van der Waals surface area (Å²) in [4.78, 5) is 2.05. The fourth-order valence-electron chi connectivity index (χ4n) is 3.44. The van der Waals surface area contributed by atoms with E-state index in [1.807, 2.05) is 30.3 Å². The Hall–Kier alpha value is -3.30. The average molecular weight is 437 g/mol. The Morgan fingerprint density at radius 3 is 2.68 bits per heavy atom. The van der Waals surface area contributed by atoms with Gasteiger partial charge in [-0.1, -0.05) is 11.6 Å². The fraction of sp³-hybridized carbons (Fsp3) is 0.273. The number of tetrazole rings is 1. The maximum Gasteiger partial charge on any atom is 0.184 e. The van der Waals surface area contributed by atoms with Gasteiger partial charge < -0.3 is 19.7 Å². The van der Waals surface area contributed by atoms with Crippen LogP contribution in [0.15, 0.2) is 48.5 Å². The number of nitrogens with one attached hydrogen (secondary N) is 1. The van der Waals surface area contributed by atoms with E-state index in [2.05, 4.69) is 50.9 Å². The highest BCUT2D eigenvalue weighted by Gasteiger charge is 2.16. The molecule has 31 heavy (non-hydrogen) atoms. The van der Waals surface area contributed by atoms with Crippen LogP contribution in [0.3, 0.4) is 0 Å². The normalized spacial score (nSPS) is 11.1. The third-order valence-corrected chi connectivity index (χ3v) is 5.41. The number of anilines is 1. The van der Waals surface area contributed by atoms with E-state index in [0.29, 0.717) is 30.5 Å². The van der Waals surface area contributed by atoms with E-state index in [1.54, 1.807) is 18.7 Å². The maximum atomic E-state index is 5.72. The van der Waals surface area contributed by atoms with Gasteiger partial charge in [-0.15, -0.1) is 5.10 Å². The van der Waals surface area contributed by atoms with Crippen LogP contribution < -0.4 is 10.1 Å². The van der Waals surface area contributed by atoms with Gasteiger partial charge in [-0.3, -0.25) is 0 Å². The van der Waals surface area contributed by atoms with Gasteiger partial charge in [0, 0.05) is 36.8 Å². The number of pyridine rings is 1. The number of aryl methyl sites for hydroxylation is 1. The molecule has 0 aliphatic heterocycles. The second kappa shape index (κ2) is 9.23. The summed E-state index contributed by atoms with van der Waals surface area (Å²) >= 11 is 5.72. The molecule has 0 atom stereocenters. The standard InChI is InChI=1S/C22H24N6O2S/c1-15-4-9-20-16(12-15)13-17(21-24-25-26-28(20)21)14-27(10-11-29-2)22(31)23-18-5-7-19(30-3)8-6-18/h4-9,12-13H,10-11,14H2,1-3H3,(H,23,31). The summed E-state index contributed by atoms with van der Waals surface area (Å²) in [6.45, 7) is 3.78. The number of rotatable bonds is 7. The molecule has 2 aromatic heterocycles. The molecule has 0 spiro atoms. The second-order valence-corrected chi connectivity index (χ2v) is 7.61. The number of methoxy groups -OCH3 is 2. The van der Waals surface area contributed by atoms with E-state index in [9.17, 15) is 0 Å². The van der Waals surface area contributed by atoms with E-state index < -0.39 is 0 Å². The summed E-state index contributed by atoms with van der Waals surface area (Å²) in [5.74, 6) is 0.792. The van der Waals surface area contributed by atoms with Crippen LogP contribution in [-0.4, -0.2) is 57.4 Å². The van der Waals surface area contributed by atoms with Crippen LogP contribution >= 0.6 is 12.2 Å². The lowest BCUT2D eigenvalue weighted by Crippen LogP contribution is -2.36. The molecular formula is C22H24N6O2S. The predicted octanol–water partition coefficient (Wildman–Crippen LogP) is 3.44. The molecule has 9 heteroatoms. The van der Waals surface area contributed by atoms with Crippen molar-refractivity contribution < 1.29 is 9.47 Å². The lowest BCUT2D eigenvalue weighted by molar-refractivity contribution is 0.175. The van der Waals surface area contributed by atoms with E-state index in [1.165, 1.54) is 5.56 Å². The van der Waals surface area contributed by atoms with Gasteiger partial charge in [0.2, 0.25) is 0 Å². The molecule has 2 heterocycles. The number of ether oxygens (including phenoxy) is 2. The summed E-state index contributed by atoms with van der Waals surface area (Å²) < 4.78 is 12.3. The summed E-state index contributed by atoms with van der Waals surface area (Å²) in [5.41, 5.74) is 4.73. The first-order valence-electron chi connectivity index (χ1n) is 9.88. The van der Waals surface area contributed by atoms with Gasteiger partial charge in [0.05, 0.1) is 19.2 Å². The van der Waals surface area contributed by atoms with Gasteiger partial charge in [0.25, 0.3) is 0 Å². The third kappa shape index (κ3) is 4.57. The maximum absolute atomic E-state index is 5.72. The first-order valence-corrected chi connectivity index (χ1v) is 10.3. The zero-order valence-electron chi connectivity index (χ0n) is 17.7. The first kappa shape index (κ1) is 21.0. The van der Waals surface area contributed by atoms with Crippen molar-refractivity contribution in [2.24, 2.45) is 0 Å². The molecule has 0 bridgehead atoms. The van der Waals surface area contributed by atoms with Gasteiger partial charge in [-0.2, -0.15) is 4.52 Å². The highest BCUT2D eigenvalue weighted by molar-refractivity contribution is 7.80. The minimum atomic E-state index is 0.540. The number of nitrogens with zero attached hydrogens (tertiary/aromatic N) is 5. The van der Waals surface area contributed by atoms with Crippen molar-refractivity contribution >= 4 is 39.6 Å². The molecule has 160 valence electrons. The number of hydrogen-bond acceptors (Lipinski definition) is 6. The van der Waals surface area contributed by atoms with E-state index in [-0.39, 0.29) is 0 Å². The van der Waals surface area contributed by atoms with Crippen molar-refractivity contribution in [1.29, 1.82) is 0 Å². The lowest BCUT2D eigenvalue weighted by atomic mass is 10.1. The number of thiocarbonyl (C=S) groups is 1. The molecule has 0 aliphatic carbocycles. The molecule has 0 radical (unpaired) electrons. The van der Waals surface area contributed by atoms with Crippen molar-refractivity contribution in [2.45, 2.75) is 13.5 Å². The van der Waals surface area contributed by atoms with Crippen LogP contribution in [0.5, 0.6) is 5.75 Å². The average Bonchev–Trinajstić information content (AvgIpc) is 3.27. The van der Waals surface area contributed by atoms with Crippen molar-refractivity contribution in [3.8, 4) is 5.75 Å². The van der Waals surface area contributed by atoms with E-state index in [4.69, 9.17) is 21.7 Å². The molecule has 0 saturated heterocycles. The highest BCUT2D eigenvalue weighted by Crippen LogP contribution is 2.22. The predicted molar refractivity (Wildman–Crippen MR) is 125 cm³/mol. The second-order valence-electron chi connectivity index (χ2n) is 7.22. The lowest BCUT2D eigenvalue weighted by Gasteiger charge is -2.26. The Kier molecular flexibility index (Phi) is 6.24. The molecule has 0 amide bonds. The van der Waals surface area contributed by atoms with Crippen molar-refractivity contribution in [2.75, 3.05) is 32.7 Å². The summed E-state index contributed by atoms with van der Waals surface area (Å²) in [7, 11) is 3.32. The van der Waals surface area contributed by atoms with Crippen LogP contribution in [0, 0.1) is 6.92 Å².